The number of thioether (sulfide) groups is 2. The minimum Gasteiger partial charge on any atom is -0.507 e. The van der Waals surface area contributed by atoms with Gasteiger partial charge in [0.2, 0.25) is 12.0 Å². The lowest BCUT2D eigenvalue weighted by Crippen LogP contribution is -2.33. The molecule has 16 nitrogen and oxygen atoms in total. The number of amides is 5. The number of hydrogen-bond donors (Lipinski definition) is 5. The Labute approximate surface area is 701 Å². The molecule has 6 aromatic rings. The Morgan fingerprint density at radius 2 is 0.724 bits per heavy atom. The van der Waals surface area contributed by atoms with Crippen molar-refractivity contribution in [1.82, 2.24) is 14.9 Å². The van der Waals surface area contributed by atoms with Gasteiger partial charge in [-0.3, -0.25) is 33.9 Å². The molecule has 2 fully saturated rings. The van der Waals surface area contributed by atoms with Gasteiger partial charge in [-0.25, -0.2) is 14.9 Å². The molecule has 0 atom stereocenters. The van der Waals surface area contributed by atoms with Crippen LogP contribution in [0.3, 0.4) is 0 Å². The van der Waals surface area contributed by atoms with Crippen LogP contribution in [0.2, 0.25) is 0 Å². The summed E-state index contributed by atoms with van der Waals surface area (Å²) in [6.45, 7) is 63.5. The van der Waals surface area contributed by atoms with Crippen molar-refractivity contribution in [2.45, 2.75) is 275 Å². The van der Waals surface area contributed by atoms with Crippen molar-refractivity contribution in [2.24, 2.45) is 4.99 Å². The summed E-state index contributed by atoms with van der Waals surface area (Å²) in [6, 6.07) is 23.9. The van der Waals surface area contributed by atoms with Crippen LogP contribution in [0.1, 0.15) is 310 Å². The lowest BCUT2D eigenvalue weighted by molar-refractivity contribution is -0.404. The second-order valence-corrected chi connectivity index (χ2v) is 42.6. The molecule has 2 saturated heterocycles. The fourth-order valence-corrected chi connectivity index (χ4v) is 14.7. The number of phenolic OH excluding ortho intramolecular Hbond substituents is 5. The zero-order valence-corrected chi connectivity index (χ0v) is 77.0. The minimum absolute atomic E-state index is 0.0118. The molecule has 0 bridgehead atoms. The number of likely N-dealkylation sites (N-methyl/N-ethyl adjacent to an activating group) is 2. The quantitative estimate of drug-likeness (QED) is 0.0569. The van der Waals surface area contributed by atoms with E-state index in [1.165, 1.54) is 33.5 Å². The fourth-order valence-electron chi connectivity index (χ4n) is 13.3. The first kappa shape index (κ1) is 95.7. The molecule has 626 valence electrons. The van der Waals surface area contributed by atoms with E-state index >= 15 is 0 Å². The number of nitrogens with zero attached hydrogens (tertiary/aromatic N) is 5. The normalized spacial score (nSPS) is 16.8. The van der Waals surface area contributed by atoms with Gasteiger partial charge in [-0.15, -0.1) is 0 Å². The molecule has 0 radical (unpaired) electrons. The summed E-state index contributed by atoms with van der Waals surface area (Å²) < 4.78 is 1.59. The zero-order chi connectivity index (χ0) is 88.1. The Kier molecular flexibility index (Phi) is 30.1. The fraction of sp³-hybridized carbons (Fsp3) is 0.469. The van der Waals surface area contributed by atoms with Crippen LogP contribution in [0.5, 0.6) is 28.7 Å². The Balaban J connectivity index is 0.000000225. The van der Waals surface area contributed by atoms with Crippen molar-refractivity contribution in [3.05, 3.63) is 195 Å². The van der Waals surface area contributed by atoms with Gasteiger partial charge < -0.3 is 25.5 Å². The highest BCUT2D eigenvalue weighted by atomic mass is 32.2. The van der Waals surface area contributed by atoms with Crippen LogP contribution in [-0.4, -0.2) is 113 Å². The number of likely N-dealkylation sites (tertiary alicyclic amines) is 1. The molecule has 5 N–H and O–H groups in total. The van der Waals surface area contributed by atoms with E-state index in [4.69, 9.17) is 4.84 Å². The molecule has 0 aliphatic carbocycles. The molecule has 5 heterocycles. The molecular weight excluding hydrogens is 1490 g/mol. The Morgan fingerprint density at radius 1 is 0.414 bits per heavy atom. The summed E-state index contributed by atoms with van der Waals surface area (Å²) in [5.41, 5.74) is 18.0. The van der Waals surface area contributed by atoms with Crippen LogP contribution in [-0.2, 0) is 83.0 Å². The van der Waals surface area contributed by atoms with Gasteiger partial charge in [-0.2, -0.15) is 4.58 Å². The number of imide groups is 1. The SMILES string of the molecule is CC(C)(C)c1cc(/C=C/c2cccnc2)cc(C(C)(C)C)c1O.CC(C)(C)c1cc(/C=C2\CCN(C=O)C2=O)cc(C(C)(C)C)c1O.CC(C)(C)c1cc(/C=C2\SC=NC2=O)cc(C(C)(C)C)c1O.CN1OCC/C(=C\c2cc(C(C)(C)C)c(O)c(C(C)(C)C)c2)C1=O.C[N+]1=CS/C(=C\c2cc(C(C)(C)C)c(O)c(C(C)(C)C)c2)C1=O. The van der Waals surface area contributed by atoms with Gasteiger partial charge in [0.1, 0.15) is 40.7 Å². The van der Waals surface area contributed by atoms with Crippen LogP contribution < -0.4 is 0 Å². The van der Waals surface area contributed by atoms with E-state index < -0.39 is 0 Å². The summed E-state index contributed by atoms with van der Waals surface area (Å²) in [4.78, 5) is 74.7. The lowest BCUT2D eigenvalue weighted by Gasteiger charge is -2.28. The first-order valence-corrected chi connectivity index (χ1v) is 41.6. The van der Waals surface area contributed by atoms with Gasteiger partial charge in [-0.1, -0.05) is 238 Å². The number of aromatic hydroxyl groups is 5. The molecule has 5 amide bonds. The van der Waals surface area contributed by atoms with Crippen molar-refractivity contribution < 1.29 is 58.9 Å². The highest BCUT2D eigenvalue weighted by Gasteiger charge is 2.35. The highest BCUT2D eigenvalue weighted by molar-refractivity contribution is 8.17. The number of hydroxylamine groups is 2. The summed E-state index contributed by atoms with van der Waals surface area (Å²) >= 11 is 2.77. The summed E-state index contributed by atoms with van der Waals surface area (Å²) in [5, 5.41) is 54.9. The number of aromatic nitrogens is 1. The third kappa shape index (κ3) is 25.2. The van der Waals surface area contributed by atoms with Gasteiger partial charge in [-0.05, 0) is 197 Å². The molecule has 0 saturated carbocycles. The number of phenols is 5. The molecule has 0 unspecified atom stereocenters. The van der Waals surface area contributed by atoms with Crippen molar-refractivity contribution in [3.63, 3.8) is 0 Å². The standard InChI is InChI=1S/C21H27NO.C20H29NO3.C20H27NO3.C19H25NO2S.C18H23NO2S/c1-20(2,3)17-12-16(10-9-15-8-7-11-22-14-15)13-18(19(17)23)21(4,5)6;1-19(2,3)15-11-13(12-16(17(15)22)20(4,5)6)10-14-8-9-24-21(7)18(14)23;1-19(2,3)15-10-13(11-16(17(15)23)20(4,5)6)9-14-7-8-21(12-22)18(14)24;1-18(2,3)13-8-12(9-14(16(13)21)19(4,5)6)10-15-17(22)20(7)11-23-15;1-17(2,3)12-7-11(9-14-16(21)19-10-22-14)8-13(15(12)20)18(4,5)6/h7-14,23H,1-6H3;10-12,22H,8-9H2,1-7H3;9-12,23H,7-8H2,1-6H3;8-11H,1-7H3;7-10,20H,1-6H3/p+1/b10-9+;14-10+;14-9+;;14-9-. The first-order chi connectivity index (χ1) is 52.8. The Bertz CT molecular complexity index is 4720. The van der Waals surface area contributed by atoms with E-state index in [1.54, 1.807) is 30.4 Å². The van der Waals surface area contributed by atoms with Gasteiger partial charge in [0.15, 0.2) is 0 Å². The number of hydrogen-bond acceptors (Lipinski definition) is 14. The smallest absolute Gasteiger partial charge is 0.426 e. The van der Waals surface area contributed by atoms with E-state index in [-0.39, 0.29) is 77.8 Å². The average Bonchev–Trinajstić information content (AvgIpc) is 0.971. The van der Waals surface area contributed by atoms with Crippen LogP contribution in [0, 0.1) is 0 Å². The number of benzene rings is 5. The molecule has 4 aliphatic rings. The predicted molar refractivity (Wildman–Crippen MR) is 484 cm³/mol. The van der Waals surface area contributed by atoms with Crippen LogP contribution >= 0.6 is 23.5 Å². The number of aliphatic imine (C=N–C) groups is 1. The van der Waals surface area contributed by atoms with Gasteiger partial charge in [0, 0.05) is 99.2 Å². The molecule has 0 spiro atoms. The molecule has 116 heavy (non-hydrogen) atoms. The summed E-state index contributed by atoms with van der Waals surface area (Å²) in [6.07, 6.45) is 17.0. The van der Waals surface area contributed by atoms with Crippen LogP contribution in [0.15, 0.2) is 111 Å². The largest absolute Gasteiger partial charge is 0.507 e. The third-order valence-corrected chi connectivity index (χ3v) is 21.8. The second kappa shape index (κ2) is 36.4. The number of carbonyl (C=O) groups excluding carboxylic acids is 5. The monoisotopic (exact) mass is 1620 g/mol. The van der Waals surface area contributed by atoms with E-state index in [0.29, 0.717) is 76.5 Å². The predicted octanol–water partition coefficient (Wildman–Crippen LogP) is 22.4. The molecule has 18 heteroatoms. The van der Waals surface area contributed by atoms with Crippen molar-refractivity contribution in [1.29, 1.82) is 0 Å². The maximum absolute atomic E-state index is 12.2. The molecular formula is C98H132N5O11S2+. The topological polar surface area (TPSA) is 230 Å². The average molecular weight is 1620 g/mol. The maximum Gasteiger partial charge on any atom is 0.426 e. The lowest BCUT2D eigenvalue weighted by atomic mass is 9.78. The second-order valence-electron chi connectivity index (χ2n) is 40.8. The number of pyridine rings is 1. The van der Waals surface area contributed by atoms with Gasteiger partial charge >= 0.3 is 5.91 Å². The van der Waals surface area contributed by atoms with Crippen molar-refractivity contribution in [3.8, 4) is 28.7 Å². The summed E-state index contributed by atoms with van der Waals surface area (Å²) in [5.74, 6) is 1.28. The van der Waals surface area contributed by atoms with Crippen molar-refractivity contribution >= 4 is 101 Å². The molecule has 5 aromatic carbocycles. The molecule has 4 aliphatic heterocycles. The highest BCUT2D eigenvalue weighted by Crippen LogP contribution is 2.47. The zero-order valence-electron chi connectivity index (χ0n) is 75.3. The minimum atomic E-state index is -0.229. The van der Waals surface area contributed by atoms with Crippen molar-refractivity contribution in [2.75, 3.05) is 27.2 Å². The van der Waals surface area contributed by atoms with E-state index in [0.717, 1.165) is 94.6 Å². The molecule has 10 rings (SSSR count). The van der Waals surface area contributed by atoms with Crippen LogP contribution in [0.25, 0.3) is 36.5 Å². The van der Waals surface area contributed by atoms with E-state index in [9.17, 15) is 49.5 Å². The van der Waals surface area contributed by atoms with Gasteiger partial charge in [0.05, 0.1) is 17.1 Å². The van der Waals surface area contributed by atoms with Crippen LogP contribution in [0.4, 0.5) is 0 Å². The Morgan fingerprint density at radius 3 is 1.00 bits per heavy atom. The van der Waals surface area contributed by atoms with E-state index in [1.807, 2.05) is 96.7 Å². The third-order valence-electron chi connectivity index (χ3n) is 20.1. The van der Waals surface area contributed by atoms with Gasteiger partial charge in [0.25, 0.3) is 17.7 Å². The number of rotatable bonds is 7. The Hall–Kier alpha value is -9.10. The summed E-state index contributed by atoms with van der Waals surface area (Å²) in [7, 11) is 3.39. The first-order valence-electron chi connectivity index (χ1n) is 39.9. The molecule has 1 aromatic heterocycles. The van der Waals surface area contributed by atoms with E-state index in [2.05, 4.69) is 242 Å². The number of carbonyl (C=O) groups is 5. The maximum atomic E-state index is 12.2.